The number of hydrogen-bond donors (Lipinski definition) is 2. The molecule has 2 amide bonds. The van der Waals surface area contributed by atoms with Gasteiger partial charge in [0.15, 0.2) is 16.6 Å². The average molecular weight is 487 g/mol. The van der Waals surface area contributed by atoms with E-state index in [9.17, 15) is 9.59 Å². The number of methoxy groups -OCH3 is 3. The minimum atomic E-state index is -0.409. The number of nitrogens with one attached hydrogen (secondary N) is 2. The normalized spacial score (nSPS) is 13.2. The summed E-state index contributed by atoms with van der Waals surface area (Å²) in [6.07, 6.45) is 0.538. The highest BCUT2D eigenvalue weighted by Crippen LogP contribution is 2.38. The second-order valence-electron chi connectivity index (χ2n) is 7.59. The van der Waals surface area contributed by atoms with Crippen LogP contribution >= 0.6 is 12.2 Å². The van der Waals surface area contributed by atoms with Crippen molar-refractivity contribution in [1.29, 1.82) is 0 Å². The maximum absolute atomic E-state index is 12.7. The van der Waals surface area contributed by atoms with E-state index in [0.29, 0.717) is 29.2 Å². The SMILES string of the molecule is CCC(=O)N1CCN(c2ccc(NC(=S)NC(=O)c3cc(OC)c(OC)c(OC)c3)cc2)CC1. The molecule has 34 heavy (non-hydrogen) atoms. The van der Waals surface area contributed by atoms with Crippen LogP contribution in [0.1, 0.15) is 23.7 Å². The summed E-state index contributed by atoms with van der Waals surface area (Å²) in [5.41, 5.74) is 2.13. The van der Waals surface area contributed by atoms with E-state index in [0.717, 1.165) is 37.6 Å². The standard InChI is InChI=1S/C24H30N4O5S/c1-5-21(29)28-12-10-27(11-13-28)18-8-6-17(7-9-18)25-24(34)26-23(30)16-14-19(31-2)22(33-4)20(15-16)32-3/h6-9,14-15H,5,10-13H2,1-4H3,(H2,25,26,30,34). The monoisotopic (exact) mass is 486 g/mol. The molecule has 0 atom stereocenters. The highest BCUT2D eigenvalue weighted by molar-refractivity contribution is 7.80. The van der Waals surface area contributed by atoms with Gasteiger partial charge in [0.1, 0.15) is 0 Å². The van der Waals surface area contributed by atoms with Crippen molar-refractivity contribution in [2.75, 3.05) is 57.7 Å². The second kappa shape index (κ2) is 11.6. The van der Waals surface area contributed by atoms with Gasteiger partial charge in [0, 0.05) is 49.5 Å². The van der Waals surface area contributed by atoms with Gasteiger partial charge in [0.2, 0.25) is 11.7 Å². The lowest BCUT2D eigenvalue weighted by atomic mass is 10.1. The number of amides is 2. The summed E-state index contributed by atoms with van der Waals surface area (Å²) < 4.78 is 15.9. The molecule has 1 saturated heterocycles. The van der Waals surface area contributed by atoms with E-state index in [1.807, 2.05) is 36.1 Å². The van der Waals surface area contributed by atoms with Crippen LogP contribution in [0.2, 0.25) is 0 Å². The van der Waals surface area contributed by atoms with Gasteiger partial charge >= 0.3 is 0 Å². The molecule has 0 saturated carbocycles. The molecular weight excluding hydrogens is 456 g/mol. The predicted octanol–water partition coefficient (Wildman–Crippen LogP) is 2.90. The van der Waals surface area contributed by atoms with Gasteiger partial charge in [-0.1, -0.05) is 6.92 Å². The minimum Gasteiger partial charge on any atom is -0.493 e. The first-order chi connectivity index (χ1) is 16.4. The van der Waals surface area contributed by atoms with Crippen LogP contribution in [0.25, 0.3) is 0 Å². The fourth-order valence-electron chi connectivity index (χ4n) is 3.74. The van der Waals surface area contributed by atoms with Gasteiger partial charge < -0.3 is 29.3 Å². The zero-order valence-corrected chi connectivity index (χ0v) is 20.7. The van der Waals surface area contributed by atoms with E-state index in [2.05, 4.69) is 15.5 Å². The molecule has 2 N–H and O–H groups in total. The molecule has 2 aromatic carbocycles. The van der Waals surface area contributed by atoms with Crippen molar-refractivity contribution in [3.05, 3.63) is 42.0 Å². The van der Waals surface area contributed by atoms with Crippen LogP contribution < -0.4 is 29.7 Å². The van der Waals surface area contributed by atoms with Crippen LogP contribution in [0.3, 0.4) is 0 Å². The van der Waals surface area contributed by atoms with Gasteiger partial charge in [-0.3, -0.25) is 14.9 Å². The fraction of sp³-hybridized carbons (Fsp3) is 0.375. The molecule has 1 fully saturated rings. The lowest BCUT2D eigenvalue weighted by Crippen LogP contribution is -2.48. The van der Waals surface area contributed by atoms with Crippen molar-refractivity contribution in [3.63, 3.8) is 0 Å². The number of carbonyl (C=O) groups is 2. The molecule has 0 bridgehead atoms. The molecule has 0 spiro atoms. The van der Waals surface area contributed by atoms with Crippen molar-refractivity contribution in [2.24, 2.45) is 0 Å². The summed E-state index contributed by atoms with van der Waals surface area (Å²) in [6.45, 7) is 4.93. The number of anilines is 2. The zero-order chi connectivity index (χ0) is 24.7. The molecule has 0 unspecified atom stereocenters. The quantitative estimate of drug-likeness (QED) is 0.578. The Labute approximate surface area is 205 Å². The van der Waals surface area contributed by atoms with Crippen LogP contribution in [0.15, 0.2) is 36.4 Å². The number of rotatable bonds is 7. The van der Waals surface area contributed by atoms with E-state index < -0.39 is 5.91 Å². The van der Waals surface area contributed by atoms with Gasteiger partial charge in [0.25, 0.3) is 5.91 Å². The van der Waals surface area contributed by atoms with E-state index >= 15 is 0 Å². The molecule has 1 aliphatic rings. The Morgan fingerprint density at radius 2 is 1.53 bits per heavy atom. The van der Waals surface area contributed by atoms with Gasteiger partial charge in [-0.2, -0.15) is 0 Å². The number of ether oxygens (including phenoxy) is 3. The fourth-order valence-corrected chi connectivity index (χ4v) is 3.95. The Bertz CT molecular complexity index is 1010. The number of piperazine rings is 1. The summed E-state index contributed by atoms with van der Waals surface area (Å²) in [7, 11) is 4.47. The molecule has 1 heterocycles. The number of nitrogens with zero attached hydrogens (tertiary/aromatic N) is 2. The van der Waals surface area contributed by atoms with Crippen LogP contribution in [-0.2, 0) is 4.79 Å². The number of hydrogen-bond acceptors (Lipinski definition) is 7. The van der Waals surface area contributed by atoms with Crippen molar-refractivity contribution in [2.45, 2.75) is 13.3 Å². The first-order valence-corrected chi connectivity index (χ1v) is 11.4. The maximum Gasteiger partial charge on any atom is 0.257 e. The molecule has 9 nitrogen and oxygen atoms in total. The molecule has 10 heteroatoms. The Kier molecular flexibility index (Phi) is 8.53. The highest BCUT2D eigenvalue weighted by Gasteiger charge is 2.20. The third-order valence-corrected chi connectivity index (χ3v) is 5.78. The van der Waals surface area contributed by atoms with Gasteiger partial charge in [-0.05, 0) is 48.6 Å². The van der Waals surface area contributed by atoms with E-state index in [-0.39, 0.29) is 11.0 Å². The largest absolute Gasteiger partial charge is 0.493 e. The van der Waals surface area contributed by atoms with Crippen molar-refractivity contribution in [1.82, 2.24) is 10.2 Å². The molecule has 182 valence electrons. The van der Waals surface area contributed by atoms with Crippen LogP contribution in [0.5, 0.6) is 17.2 Å². The minimum absolute atomic E-state index is 0.165. The molecule has 3 rings (SSSR count). The number of carbonyl (C=O) groups excluding carboxylic acids is 2. The molecule has 0 radical (unpaired) electrons. The molecular formula is C24H30N4O5S. The lowest BCUT2D eigenvalue weighted by Gasteiger charge is -2.36. The van der Waals surface area contributed by atoms with E-state index in [1.54, 1.807) is 12.1 Å². The third-order valence-electron chi connectivity index (χ3n) is 5.58. The summed E-state index contributed by atoms with van der Waals surface area (Å²) in [4.78, 5) is 28.7. The van der Waals surface area contributed by atoms with Crippen molar-refractivity contribution in [3.8, 4) is 17.2 Å². The Hall–Kier alpha value is -3.53. The first kappa shape index (κ1) is 25.1. The van der Waals surface area contributed by atoms with E-state index in [4.69, 9.17) is 26.4 Å². The molecule has 2 aromatic rings. The van der Waals surface area contributed by atoms with Crippen molar-refractivity contribution < 1.29 is 23.8 Å². The number of thiocarbonyl (C=S) groups is 1. The van der Waals surface area contributed by atoms with E-state index in [1.165, 1.54) is 21.3 Å². The summed E-state index contributed by atoms with van der Waals surface area (Å²) in [5.74, 6) is 0.942. The Morgan fingerprint density at radius 1 is 0.941 bits per heavy atom. The van der Waals surface area contributed by atoms with Gasteiger partial charge in [-0.15, -0.1) is 0 Å². The maximum atomic E-state index is 12.7. The van der Waals surface area contributed by atoms with Crippen LogP contribution in [0.4, 0.5) is 11.4 Å². The predicted molar refractivity (Wildman–Crippen MR) is 135 cm³/mol. The second-order valence-corrected chi connectivity index (χ2v) is 8.00. The Morgan fingerprint density at radius 3 is 2.03 bits per heavy atom. The summed E-state index contributed by atoms with van der Waals surface area (Å²) >= 11 is 5.31. The smallest absolute Gasteiger partial charge is 0.257 e. The van der Waals surface area contributed by atoms with Gasteiger partial charge in [-0.25, -0.2) is 0 Å². The molecule has 0 aromatic heterocycles. The van der Waals surface area contributed by atoms with Crippen LogP contribution in [-0.4, -0.2) is 69.3 Å². The first-order valence-electron chi connectivity index (χ1n) is 10.9. The average Bonchev–Trinajstić information content (AvgIpc) is 2.87. The van der Waals surface area contributed by atoms with Gasteiger partial charge in [0.05, 0.1) is 21.3 Å². The third kappa shape index (κ3) is 5.88. The molecule has 1 aliphatic heterocycles. The number of benzene rings is 2. The summed E-state index contributed by atoms with van der Waals surface area (Å²) in [6, 6.07) is 10.9. The summed E-state index contributed by atoms with van der Waals surface area (Å²) in [5, 5.41) is 5.85. The Balaban J connectivity index is 1.58. The van der Waals surface area contributed by atoms with Crippen molar-refractivity contribution >= 4 is 40.5 Å². The zero-order valence-electron chi connectivity index (χ0n) is 19.8. The topological polar surface area (TPSA) is 92.4 Å². The lowest BCUT2D eigenvalue weighted by molar-refractivity contribution is -0.131. The van der Waals surface area contributed by atoms with Crippen LogP contribution in [0, 0.1) is 0 Å². The molecule has 0 aliphatic carbocycles. The highest BCUT2D eigenvalue weighted by atomic mass is 32.1.